The van der Waals surface area contributed by atoms with E-state index in [9.17, 15) is 18.8 Å². The van der Waals surface area contributed by atoms with Gasteiger partial charge in [0.05, 0.1) is 0 Å². The molecule has 142 valence electrons. The predicted octanol–water partition coefficient (Wildman–Crippen LogP) is 2.76. The summed E-state index contributed by atoms with van der Waals surface area (Å²) < 4.78 is 18.1. The summed E-state index contributed by atoms with van der Waals surface area (Å²) in [5.74, 6) is -2.46. The van der Waals surface area contributed by atoms with Crippen molar-refractivity contribution in [1.29, 1.82) is 0 Å². The lowest BCUT2D eigenvalue weighted by Gasteiger charge is -2.20. The summed E-state index contributed by atoms with van der Waals surface area (Å²) >= 11 is 0. The number of carbonyl (C=O) groups excluding carboxylic acids is 3. The first-order chi connectivity index (χ1) is 12.9. The number of hydrogen-bond donors (Lipinski definition) is 2. The Morgan fingerprint density at radius 2 is 1.74 bits per heavy atom. The zero-order valence-electron chi connectivity index (χ0n) is 15.1. The van der Waals surface area contributed by atoms with Crippen molar-refractivity contribution in [2.45, 2.75) is 19.9 Å². The van der Waals surface area contributed by atoms with Gasteiger partial charge in [-0.3, -0.25) is 9.59 Å². The number of halogens is 1. The van der Waals surface area contributed by atoms with Gasteiger partial charge in [-0.15, -0.1) is 0 Å². The Bertz CT molecular complexity index is 809. The topological polar surface area (TPSA) is 84.5 Å². The van der Waals surface area contributed by atoms with Crippen molar-refractivity contribution >= 4 is 23.5 Å². The Hall–Kier alpha value is -3.22. The average Bonchev–Trinajstić information content (AvgIpc) is 2.64. The third kappa shape index (κ3) is 6.22. The van der Waals surface area contributed by atoms with Crippen LogP contribution in [0.25, 0.3) is 0 Å². The smallest absolute Gasteiger partial charge is 0.329 e. The maximum Gasteiger partial charge on any atom is 0.329 e. The van der Waals surface area contributed by atoms with Gasteiger partial charge in [0.25, 0.3) is 11.8 Å². The average molecular weight is 372 g/mol. The fourth-order valence-electron chi connectivity index (χ4n) is 2.30. The molecule has 0 aliphatic carbocycles. The van der Waals surface area contributed by atoms with Crippen LogP contribution in [0, 0.1) is 11.7 Å². The largest absolute Gasteiger partial charge is 0.454 e. The Labute approximate surface area is 156 Å². The highest BCUT2D eigenvalue weighted by molar-refractivity contribution is 5.97. The van der Waals surface area contributed by atoms with Crippen LogP contribution < -0.4 is 10.6 Å². The molecule has 0 bridgehead atoms. The molecule has 27 heavy (non-hydrogen) atoms. The first-order valence-electron chi connectivity index (χ1n) is 8.45. The van der Waals surface area contributed by atoms with Gasteiger partial charge in [-0.1, -0.05) is 38.1 Å². The van der Waals surface area contributed by atoms with Crippen molar-refractivity contribution in [3.8, 4) is 0 Å². The van der Waals surface area contributed by atoms with Gasteiger partial charge in [0.1, 0.15) is 11.9 Å². The van der Waals surface area contributed by atoms with E-state index >= 15 is 0 Å². The van der Waals surface area contributed by atoms with Crippen LogP contribution in [0.4, 0.5) is 10.1 Å². The number of amides is 2. The van der Waals surface area contributed by atoms with Gasteiger partial charge in [0.15, 0.2) is 6.61 Å². The third-order valence-electron chi connectivity index (χ3n) is 3.70. The molecule has 0 heterocycles. The first-order valence-corrected chi connectivity index (χ1v) is 8.45. The number of hydrogen-bond acceptors (Lipinski definition) is 4. The minimum absolute atomic E-state index is 0.239. The normalized spacial score (nSPS) is 11.6. The second kappa shape index (κ2) is 9.47. The van der Waals surface area contributed by atoms with Crippen LogP contribution in [0.2, 0.25) is 0 Å². The quantitative estimate of drug-likeness (QED) is 0.732. The van der Waals surface area contributed by atoms with E-state index < -0.39 is 36.2 Å². The molecule has 0 radical (unpaired) electrons. The number of nitrogens with one attached hydrogen (secondary N) is 2. The zero-order valence-corrected chi connectivity index (χ0v) is 15.1. The molecule has 6 nitrogen and oxygen atoms in total. The summed E-state index contributed by atoms with van der Waals surface area (Å²) in [6.07, 6.45) is 0. The van der Waals surface area contributed by atoms with Gasteiger partial charge in [-0.05, 0) is 36.2 Å². The molecule has 2 rings (SSSR count). The van der Waals surface area contributed by atoms with Crippen molar-refractivity contribution in [2.75, 3.05) is 11.9 Å². The number of esters is 1. The van der Waals surface area contributed by atoms with Crippen molar-refractivity contribution in [3.05, 3.63) is 66.0 Å². The number of ether oxygens (including phenoxy) is 1. The molecular formula is C20H21FN2O4. The second-order valence-corrected chi connectivity index (χ2v) is 6.23. The number of benzene rings is 2. The lowest BCUT2D eigenvalue weighted by molar-refractivity contribution is -0.150. The Morgan fingerprint density at radius 1 is 1.04 bits per heavy atom. The fourth-order valence-corrected chi connectivity index (χ4v) is 2.30. The van der Waals surface area contributed by atoms with Gasteiger partial charge < -0.3 is 15.4 Å². The van der Waals surface area contributed by atoms with Crippen LogP contribution >= 0.6 is 0 Å². The highest BCUT2D eigenvalue weighted by atomic mass is 19.1. The van der Waals surface area contributed by atoms with E-state index in [0.717, 1.165) is 6.07 Å². The highest BCUT2D eigenvalue weighted by Gasteiger charge is 2.26. The van der Waals surface area contributed by atoms with Crippen molar-refractivity contribution < 1.29 is 23.5 Å². The Morgan fingerprint density at radius 3 is 2.37 bits per heavy atom. The number of carbonyl (C=O) groups is 3. The summed E-state index contributed by atoms with van der Waals surface area (Å²) in [4.78, 5) is 36.4. The molecule has 0 unspecified atom stereocenters. The molecular weight excluding hydrogens is 351 g/mol. The molecule has 2 amide bonds. The zero-order chi connectivity index (χ0) is 19.8. The monoisotopic (exact) mass is 372 g/mol. The van der Waals surface area contributed by atoms with E-state index in [1.54, 1.807) is 44.2 Å². The second-order valence-electron chi connectivity index (χ2n) is 6.23. The maximum absolute atomic E-state index is 13.1. The predicted molar refractivity (Wildman–Crippen MR) is 98.5 cm³/mol. The molecule has 1 atom stereocenters. The van der Waals surface area contributed by atoms with Crippen LogP contribution in [0.5, 0.6) is 0 Å². The van der Waals surface area contributed by atoms with Gasteiger partial charge in [0, 0.05) is 11.3 Å². The van der Waals surface area contributed by atoms with Crippen LogP contribution in [-0.2, 0) is 14.3 Å². The summed E-state index contributed by atoms with van der Waals surface area (Å²) in [5, 5.41) is 5.05. The summed E-state index contributed by atoms with van der Waals surface area (Å²) in [6, 6.07) is 12.9. The number of rotatable bonds is 7. The minimum Gasteiger partial charge on any atom is -0.454 e. The van der Waals surface area contributed by atoms with Crippen LogP contribution in [0.1, 0.15) is 24.2 Å². The third-order valence-corrected chi connectivity index (χ3v) is 3.70. The van der Waals surface area contributed by atoms with E-state index in [-0.39, 0.29) is 11.6 Å². The van der Waals surface area contributed by atoms with Gasteiger partial charge in [-0.25, -0.2) is 9.18 Å². The van der Waals surface area contributed by atoms with Crippen molar-refractivity contribution in [3.63, 3.8) is 0 Å². The molecule has 0 aliphatic heterocycles. The van der Waals surface area contributed by atoms with E-state index in [0.29, 0.717) is 5.56 Å². The Balaban J connectivity index is 1.90. The van der Waals surface area contributed by atoms with Gasteiger partial charge in [0.2, 0.25) is 0 Å². The fraction of sp³-hybridized carbons (Fsp3) is 0.250. The van der Waals surface area contributed by atoms with E-state index in [1.165, 1.54) is 18.2 Å². The molecule has 2 aromatic rings. The van der Waals surface area contributed by atoms with Crippen LogP contribution in [-0.4, -0.2) is 30.4 Å². The van der Waals surface area contributed by atoms with E-state index in [1.807, 2.05) is 0 Å². The first kappa shape index (κ1) is 20.1. The molecule has 0 saturated heterocycles. The summed E-state index contributed by atoms with van der Waals surface area (Å²) in [6.45, 7) is 2.97. The SMILES string of the molecule is CC(C)[C@@H](NC(=O)c1ccccc1)C(=O)OCC(=O)Nc1cccc(F)c1. The molecule has 0 aliphatic rings. The molecule has 0 aromatic heterocycles. The van der Waals surface area contributed by atoms with E-state index in [2.05, 4.69) is 10.6 Å². The number of anilines is 1. The minimum atomic E-state index is -0.903. The van der Waals surface area contributed by atoms with E-state index in [4.69, 9.17) is 4.74 Å². The van der Waals surface area contributed by atoms with Crippen molar-refractivity contribution in [1.82, 2.24) is 5.32 Å². The lowest BCUT2D eigenvalue weighted by atomic mass is 10.0. The van der Waals surface area contributed by atoms with Gasteiger partial charge in [-0.2, -0.15) is 0 Å². The molecule has 2 aromatic carbocycles. The molecule has 2 N–H and O–H groups in total. The molecule has 0 fully saturated rings. The highest BCUT2D eigenvalue weighted by Crippen LogP contribution is 2.10. The molecule has 7 heteroatoms. The standard InChI is InChI=1S/C20H21FN2O4/c1-13(2)18(23-19(25)14-7-4-3-5-8-14)20(26)27-12-17(24)22-16-10-6-9-15(21)11-16/h3-11,13,18H,12H2,1-2H3,(H,22,24)(H,23,25)/t18-/m1/s1. The van der Waals surface area contributed by atoms with Crippen molar-refractivity contribution in [2.24, 2.45) is 5.92 Å². The molecule has 0 spiro atoms. The lowest BCUT2D eigenvalue weighted by Crippen LogP contribution is -2.45. The van der Waals surface area contributed by atoms with Gasteiger partial charge >= 0.3 is 5.97 Å². The Kier molecular flexibility index (Phi) is 7.05. The maximum atomic E-state index is 13.1. The summed E-state index contributed by atoms with van der Waals surface area (Å²) in [7, 11) is 0. The summed E-state index contributed by atoms with van der Waals surface area (Å²) in [5.41, 5.74) is 0.675. The molecule has 0 saturated carbocycles. The van der Waals surface area contributed by atoms with Crippen LogP contribution in [0.15, 0.2) is 54.6 Å². The van der Waals surface area contributed by atoms with Crippen LogP contribution in [0.3, 0.4) is 0 Å².